The van der Waals surface area contributed by atoms with E-state index in [2.05, 4.69) is 4.98 Å². The van der Waals surface area contributed by atoms with Crippen LogP contribution in [0.1, 0.15) is 55.9 Å². The molecule has 354 valence electrons. The molecule has 1 nitrogen and oxygen atoms in total. The van der Waals surface area contributed by atoms with Crippen LogP contribution in [0.5, 0.6) is 0 Å². The molecule has 1 N–H and O–H groups in total. The quantitative estimate of drug-likeness (QED) is 0.126. The predicted molar refractivity (Wildman–Crippen MR) is 183 cm³/mol. The molecule has 0 aliphatic rings. The molecule has 65 heavy (non-hydrogen) atoms. The van der Waals surface area contributed by atoms with E-state index in [1.807, 2.05) is 32.0 Å². The molecule has 0 saturated carbocycles. The van der Waals surface area contributed by atoms with Crippen LogP contribution >= 0.6 is 0 Å². The summed E-state index contributed by atoms with van der Waals surface area (Å²) in [5.41, 5.74) is -27.8. The van der Waals surface area contributed by atoms with Gasteiger partial charge in [-0.05, 0) is 30.3 Å². The minimum atomic E-state index is -6.13. The lowest BCUT2D eigenvalue weighted by atomic mass is 9.12. The van der Waals surface area contributed by atoms with E-state index in [1.165, 1.54) is 11.4 Å². The number of aromatic nitrogens is 1. The smallest absolute Gasteiger partial charge is 0.213 e. The molecule has 0 fully saturated rings. The Morgan fingerprint density at radius 3 is 0.538 bits per heavy atom. The number of rotatable bonds is 4. The van der Waals surface area contributed by atoms with Crippen LogP contribution in [-0.4, -0.2) is 6.15 Å². The Morgan fingerprint density at radius 1 is 0.277 bits per heavy atom. The van der Waals surface area contributed by atoms with Crippen molar-refractivity contribution in [3.63, 3.8) is 0 Å². The number of nitrogens with one attached hydrogen (secondary N) is 1. The largest absolute Gasteiger partial charge is 0.416 e. The Bertz CT molecular complexity index is 2060. The van der Waals surface area contributed by atoms with Crippen LogP contribution < -0.4 is 26.8 Å². The van der Waals surface area contributed by atoms with E-state index in [0.29, 0.717) is 0 Å². The Balaban J connectivity index is 0.00000104. The van der Waals surface area contributed by atoms with Crippen molar-refractivity contribution in [2.45, 2.75) is 63.3 Å². The highest BCUT2D eigenvalue weighted by atomic mass is 19.4. The number of benzene rings is 4. The zero-order chi connectivity index (χ0) is 49.9. The number of hydrogen-bond donors (Lipinski definition) is 0. The first-order valence-corrected chi connectivity index (χ1v) is 17.4. The topological polar surface area (TPSA) is 14.1 Å². The van der Waals surface area contributed by atoms with Crippen molar-refractivity contribution < 1.29 is 110 Å². The van der Waals surface area contributed by atoms with Crippen molar-refractivity contribution in [3.05, 3.63) is 147 Å². The molecule has 1 aromatic heterocycles. The molecule has 0 radical (unpaired) electrons. The lowest BCUT2D eigenvalue weighted by Gasteiger charge is -2.46. The maximum absolute atomic E-state index is 14.2. The lowest BCUT2D eigenvalue weighted by molar-refractivity contribution is -0.396. The third kappa shape index (κ3) is 12.0. The normalized spacial score (nSPS) is 13.7. The average molecular weight is 971 g/mol. The van der Waals surface area contributed by atoms with Crippen molar-refractivity contribution in [2.75, 3.05) is 0 Å². The second-order valence-corrected chi connectivity index (χ2v) is 14.2. The lowest BCUT2D eigenvalue weighted by Crippen LogP contribution is -2.75. The molecule has 0 bridgehead atoms. The Hall–Kier alpha value is -5.59. The fourth-order valence-electron chi connectivity index (χ4n) is 6.80. The van der Waals surface area contributed by atoms with Gasteiger partial charge in [0, 0.05) is 26.0 Å². The predicted octanol–water partition coefficient (Wildman–Crippen LogP) is 12.3. The summed E-state index contributed by atoms with van der Waals surface area (Å²) in [5, 5.41) is 0. The van der Waals surface area contributed by atoms with E-state index >= 15 is 0 Å². The number of hydrogen-bond acceptors (Lipinski definition) is 0. The van der Waals surface area contributed by atoms with Crippen molar-refractivity contribution >= 4 is 28.0 Å². The van der Waals surface area contributed by atoms with Gasteiger partial charge in [0.05, 0.1) is 44.5 Å². The van der Waals surface area contributed by atoms with Crippen molar-refractivity contribution in [3.8, 4) is 0 Å². The first kappa shape index (κ1) is 52.0. The van der Waals surface area contributed by atoms with Gasteiger partial charge in [-0.1, -0.05) is 48.5 Å². The summed E-state index contributed by atoms with van der Waals surface area (Å²) in [6.07, 6.45) is -54.8. The van der Waals surface area contributed by atoms with Gasteiger partial charge in [-0.3, -0.25) is 0 Å². The van der Waals surface area contributed by atoms with Crippen LogP contribution in [0, 0.1) is 13.8 Å². The van der Waals surface area contributed by atoms with E-state index in [9.17, 15) is 105 Å². The molecule has 0 aliphatic heterocycles. The molecular weight excluding hydrogens is 949 g/mol. The molecule has 1 heterocycles. The zero-order valence-corrected chi connectivity index (χ0v) is 31.8. The van der Waals surface area contributed by atoms with E-state index < -0.39 is 195 Å². The first-order chi connectivity index (χ1) is 29.0. The molecule has 4 aromatic carbocycles. The van der Waals surface area contributed by atoms with Crippen LogP contribution in [0.2, 0.25) is 0 Å². The average Bonchev–Trinajstić information content (AvgIpc) is 3.12. The second-order valence-electron chi connectivity index (χ2n) is 14.2. The van der Waals surface area contributed by atoms with Crippen LogP contribution in [0.15, 0.2) is 91.0 Å². The Morgan fingerprint density at radius 2 is 0.431 bits per heavy atom. The summed E-state index contributed by atoms with van der Waals surface area (Å²) in [6.45, 7) is 4.10. The van der Waals surface area contributed by atoms with Crippen molar-refractivity contribution in [1.82, 2.24) is 0 Å². The van der Waals surface area contributed by atoms with Gasteiger partial charge in [0.25, 0.3) is 0 Å². The molecular formula is C39H22BF24N. The summed E-state index contributed by atoms with van der Waals surface area (Å²) in [5.74, 6) is 0. The van der Waals surface area contributed by atoms with Crippen LogP contribution in [0.3, 0.4) is 0 Å². The van der Waals surface area contributed by atoms with Crippen LogP contribution in [-0.2, 0) is 49.4 Å². The van der Waals surface area contributed by atoms with Crippen LogP contribution in [0.25, 0.3) is 0 Å². The fraction of sp³-hybridized carbons (Fsp3) is 0.256. The minimum absolute atomic E-state index is 0.691. The number of aromatic amines is 1. The molecule has 5 aromatic rings. The summed E-state index contributed by atoms with van der Waals surface area (Å²) < 4.78 is 341. The summed E-state index contributed by atoms with van der Waals surface area (Å²) in [4.78, 5) is 3.17. The van der Waals surface area contributed by atoms with Gasteiger partial charge in [-0.15, -0.1) is 0 Å². The van der Waals surface area contributed by atoms with Gasteiger partial charge >= 0.3 is 49.4 Å². The Kier molecular flexibility index (Phi) is 13.6. The number of aryl methyl sites for hydroxylation is 2. The fourth-order valence-corrected chi connectivity index (χ4v) is 6.80. The molecule has 5 rings (SSSR count). The van der Waals surface area contributed by atoms with Gasteiger partial charge in [0.1, 0.15) is 6.15 Å². The van der Waals surface area contributed by atoms with Gasteiger partial charge in [0.2, 0.25) is 0 Å². The van der Waals surface area contributed by atoms with E-state index in [1.54, 1.807) is 0 Å². The van der Waals surface area contributed by atoms with Crippen LogP contribution in [0.4, 0.5) is 105 Å². The number of alkyl halides is 24. The summed E-state index contributed by atoms with van der Waals surface area (Å²) in [6, 6.07) is -2.67. The van der Waals surface area contributed by atoms with Gasteiger partial charge < -0.3 is 0 Å². The molecule has 0 atom stereocenters. The van der Waals surface area contributed by atoms with E-state index in [-0.39, 0.29) is 0 Å². The third-order valence-electron chi connectivity index (χ3n) is 9.53. The van der Waals surface area contributed by atoms with Gasteiger partial charge in [0.15, 0.2) is 11.4 Å². The molecule has 26 heteroatoms. The third-order valence-corrected chi connectivity index (χ3v) is 9.53. The zero-order valence-electron chi connectivity index (χ0n) is 31.8. The maximum atomic E-state index is 14.2. The first-order valence-electron chi connectivity index (χ1n) is 17.4. The number of pyridine rings is 1. The van der Waals surface area contributed by atoms with E-state index in [0.717, 1.165) is 0 Å². The number of H-pyrrole nitrogens is 1. The summed E-state index contributed by atoms with van der Waals surface area (Å²) >= 11 is 0. The highest BCUT2D eigenvalue weighted by molar-refractivity contribution is 7.20. The summed E-state index contributed by atoms with van der Waals surface area (Å²) in [7, 11) is 0. The van der Waals surface area contributed by atoms with Crippen molar-refractivity contribution in [1.29, 1.82) is 0 Å². The molecule has 0 saturated heterocycles. The molecule has 0 unspecified atom stereocenters. The maximum Gasteiger partial charge on any atom is 0.416 e. The minimum Gasteiger partial charge on any atom is -0.213 e. The monoisotopic (exact) mass is 971 g/mol. The SMILES string of the molecule is Cc1cccc(C)[nH+]1.FC(F)(F)c1cc([B-](c2cc(C(F)(F)F)cc(C(F)(F)F)c2)(c2cc(C(F)(F)F)cc(C(F)(F)F)c2)c2cc(C(F)(F)F)cc(C(F)(F)F)c2)cc(C(F)(F)F)c1. The molecule has 0 amide bonds. The molecule has 0 aliphatic carbocycles. The Labute approximate surface area is 348 Å². The second kappa shape index (κ2) is 17.0. The number of halogens is 24. The highest BCUT2D eigenvalue weighted by Gasteiger charge is 2.47. The standard InChI is InChI=1S/C32H12BF24.C7H9N/c34-25(35,36)13-1-14(26(37,38)39)6-21(5-13)33(22-7-15(27(40,41)42)2-16(8-22)28(43,44)45,23-9-17(29(46,47)48)3-18(10-23)30(49,50)51)24-11-19(31(52,53)54)4-20(12-24)32(55,56)57;1-6-4-3-5-7(2)8-6/h1-12H;3-5H,1-2H3/q-1;/p+1. The highest BCUT2D eigenvalue weighted by Crippen LogP contribution is 2.41. The molecule has 0 spiro atoms. The van der Waals surface area contributed by atoms with Crippen molar-refractivity contribution in [2.24, 2.45) is 0 Å². The van der Waals surface area contributed by atoms with Gasteiger partial charge in [-0.25, -0.2) is 4.98 Å². The van der Waals surface area contributed by atoms with E-state index in [4.69, 9.17) is 0 Å². The van der Waals surface area contributed by atoms with Gasteiger partial charge in [-0.2, -0.15) is 127 Å².